The summed E-state index contributed by atoms with van der Waals surface area (Å²) < 4.78 is 42.3. The Bertz CT molecular complexity index is 527. The van der Waals surface area contributed by atoms with Crippen LogP contribution in [0.1, 0.15) is 12.8 Å². The smallest absolute Gasteiger partial charge is 0.379 e. The highest BCUT2D eigenvalue weighted by atomic mass is 35.5. The molecule has 0 aromatic carbocycles. The highest BCUT2D eigenvalue weighted by Gasteiger charge is 2.30. The second-order valence-electron chi connectivity index (χ2n) is 4.51. The van der Waals surface area contributed by atoms with Crippen LogP contribution in [-0.2, 0) is 11.3 Å². The fourth-order valence-corrected chi connectivity index (χ4v) is 2.12. The van der Waals surface area contributed by atoms with E-state index in [2.05, 4.69) is 10.4 Å². The van der Waals surface area contributed by atoms with Crippen LogP contribution < -0.4 is 10.9 Å². The minimum atomic E-state index is -4.52. The van der Waals surface area contributed by atoms with E-state index in [1.165, 1.54) is 0 Å². The van der Waals surface area contributed by atoms with Crippen LogP contribution in [0, 0.1) is 0 Å². The lowest BCUT2D eigenvalue weighted by molar-refractivity contribution is -0.143. The first-order valence-corrected chi connectivity index (χ1v) is 6.41. The molecule has 20 heavy (non-hydrogen) atoms. The van der Waals surface area contributed by atoms with E-state index in [1.54, 1.807) is 0 Å². The Morgan fingerprint density at radius 1 is 1.55 bits per heavy atom. The average Bonchev–Trinajstić information content (AvgIpc) is 2.38. The topological polar surface area (TPSA) is 56.1 Å². The van der Waals surface area contributed by atoms with Gasteiger partial charge >= 0.3 is 6.18 Å². The Balaban J connectivity index is 2.15. The van der Waals surface area contributed by atoms with Crippen LogP contribution in [0.3, 0.4) is 0 Å². The maximum Gasteiger partial charge on any atom is 0.408 e. The third-order valence-corrected chi connectivity index (χ3v) is 3.20. The number of aromatic nitrogens is 2. The Labute approximate surface area is 117 Å². The van der Waals surface area contributed by atoms with Gasteiger partial charge in [-0.1, -0.05) is 11.6 Å². The molecule has 2 rings (SSSR count). The molecule has 5 nitrogen and oxygen atoms in total. The van der Waals surface area contributed by atoms with Gasteiger partial charge in [0, 0.05) is 12.6 Å². The van der Waals surface area contributed by atoms with Crippen LogP contribution in [0.15, 0.2) is 11.0 Å². The van der Waals surface area contributed by atoms with Crippen molar-refractivity contribution in [2.45, 2.75) is 31.6 Å². The molecule has 1 aliphatic heterocycles. The minimum Gasteiger partial charge on any atom is -0.379 e. The van der Waals surface area contributed by atoms with Gasteiger partial charge in [0.2, 0.25) is 0 Å². The number of anilines is 1. The molecule has 112 valence electrons. The molecule has 0 aliphatic carbocycles. The van der Waals surface area contributed by atoms with Crippen molar-refractivity contribution in [1.82, 2.24) is 9.78 Å². The zero-order valence-electron chi connectivity index (χ0n) is 10.4. The summed E-state index contributed by atoms with van der Waals surface area (Å²) >= 11 is 5.80. The first kappa shape index (κ1) is 15.1. The van der Waals surface area contributed by atoms with E-state index < -0.39 is 18.3 Å². The van der Waals surface area contributed by atoms with Gasteiger partial charge in [0.05, 0.1) is 18.5 Å². The Hall–Kier alpha value is -1.28. The summed E-state index contributed by atoms with van der Waals surface area (Å²) in [5.41, 5.74) is -0.740. The average molecular weight is 312 g/mol. The molecule has 1 saturated heterocycles. The number of ether oxygens (including phenoxy) is 1. The fraction of sp³-hybridized carbons (Fsp3) is 0.636. The number of hydrogen-bond acceptors (Lipinski definition) is 4. The minimum absolute atomic E-state index is 0.0269. The third-order valence-electron chi connectivity index (χ3n) is 2.83. The molecule has 0 spiro atoms. The predicted molar refractivity (Wildman–Crippen MR) is 67.0 cm³/mol. The molecule has 2 heterocycles. The molecule has 1 atom stereocenters. The first-order chi connectivity index (χ1) is 9.37. The van der Waals surface area contributed by atoms with E-state index in [0.717, 1.165) is 19.0 Å². The molecule has 1 N–H and O–H groups in total. The van der Waals surface area contributed by atoms with E-state index in [-0.39, 0.29) is 16.8 Å². The standard InChI is InChI=1S/C11H13ClF3N3O2/c12-9-8(17-7-2-1-3-20-5-7)4-16-18(10(9)19)6-11(13,14)15/h4,7,17H,1-3,5-6H2. The van der Waals surface area contributed by atoms with Crippen LogP contribution in [0.2, 0.25) is 5.02 Å². The quantitative estimate of drug-likeness (QED) is 0.928. The number of rotatable bonds is 3. The molecule has 9 heteroatoms. The van der Waals surface area contributed by atoms with Crippen LogP contribution >= 0.6 is 11.6 Å². The van der Waals surface area contributed by atoms with Gasteiger partial charge in [0.25, 0.3) is 5.56 Å². The van der Waals surface area contributed by atoms with Crippen molar-refractivity contribution in [1.29, 1.82) is 0 Å². The van der Waals surface area contributed by atoms with Gasteiger partial charge in [0.1, 0.15) is 11.6 Å². The number of halogens is 4. The van der Waals surface area contributed by atoms with Gasteiger partial charge < -0.3 is 10.1 Å². The number of nitrogens with zero attached hydrogens (tertiary/aromatic N) is 2. The zero-order chi connectivity index (χ0) is 14.8. The van der Waals surface area contributed by atoms with Crippen molar-refractivity contribution in [3.63, 3.8) is 0 Å². The molecule has 0 radical (unpaired) electrons. The Morgan fingerprint density at radius 3 is 2.90 bits per heavy atom. The number of alkyl halides is 3. The second kappa shape index (κ2) is 6.01. The van der Waals surface area contributed by atoms with Gasteiger partial charge in [-0.25, -0.2) is 4.68 Å². The van der Waals surface area contributed by atoms with Gasteiger partial charge in [-0.3, -0.25) is 4.79 Å². The molecule has 1 aromatic rings. The molecule has 1 fully saturated rings. The lowest BCUT2D eigenvalue weighted by atomic mass is 10.1. The normalized spacial score (nSPS) is 19.9. The fourth-order valence-electron chi connectivity index (χ4n) is 1.92. The molecule has 1 aliphatic rings. The summed E-state index contributed by atoms with van der Waals surface area (Å²) in [6.45, 7) is -0.322. The van der Waals surface area contributed by atoms with Crippen molar-refractivity contribution in [2.75, 3.05) is 18.5 Å². The van der Waals surface area contributed by atoms with Crippen molar-refractivity contribution >= 4 is 17.3 Å². The summed E-state index contributed by atoms with van der Waals surface area (Å²) in [7, 11) is 0. The Kier molecular flexibility index (Phi) is 4.54. The van der Waals surface area contributed by atoms with Crippen LogP contribution in [-0.4, -0.2) is 35.2 Å². The van der Waals surface area contributed by atoms with E-state index in [1.807, 2.05) is 0 Å². The van der Waals surface area contributed by atoms with Crippen LogP contribution in [0.25, 0.3) is 0 Å². The molecule has 1 unspecified atom stereocenters. The summed E-state index contributed by atoms with van der Waals surface area (Å²) in [6, 6.07) is -0.0269. The monoisotopic (exact) mass is 311 g/mol. The molecule has 0 amide bonds. The van der Waals surface area contributed by atoms with Gasteiger partial charge in [-0.2, -0.15) is 18.3 Å². The predicted octanol–water partition coefficient (Wildman–Crippen LogP) is 2.05. The molecule has 0 saturated carbocycles. The SMILES string of the molecule is O=c1c(Cl)c(NC2CCCOC2)cnn1CC(F)(F)F. The van der Waals surface area contributed by atoms with Crippen molar-refractivity contribution < 1.29 is 17.9 Å². The summed E-state index contributed by atoms with van der Waals surface area (Å²) in [5.74, 6) is 0. The van der Waals surface area contributed by atoms with Gasteiger partial charge in [-0.05, 0) is 12.8 Å². The van der Waals surface area contributed by atoms with E-state index in [4.69, 9.17) is 16.3 Å². The van der Waals surface area contributed by atoms with E-state index in [0.29, 0.717) is 17.9 Å². The zero-order valence-corrected chi connectivity index (χ0v) is 11.2. The van der Waals surface area contributed by atoms with Crippen LogP contribution in [0.5, 0.6) is 0 Å². The molecule has 0 bridgehead atoms. The molecular formula is C11H13ClF3N3O2. The van der Waals surface area contributed by atoms with E-state index >= 15 is 0 Å². The molecular weight excluding hydrogens is 299 g/mol. The summed E-state index contributed by atoms with van der Waals surface area (Å²) in [6.07, 6.45) is -1.69. The maximum absolute atomic E-state index is 12.3. The van der Waals surface area contributed by atoms with Gasteiger partial charge in [0.15, 0.2) is 0 Å². The van der Waals surface area contributed by atoms with Crippen molar-refractivity contribution in [2.24, 2.45) is 0 Å². The summed E-state index contributed by atoms with van der Waals surface area (Å²) in [5, 5.41) is 6.16. The van der Waals surface area contributed by atoms with Crippen molar-refractivity contribution in [3.05, 3.63) is 21.6 Å². The highest BCUT2D eigenvalue weighted by molar-refractivity contribution is 6.32. The summed E-state index contributed by atoms with van der Waals surface area (Å²) in [4.78, 5) is 11.7. The maximum atomic E-state index is 12.3. The number of hydrogen-bond donors (Lipinski definition) is 1. The highest BCUT2D eigenvalue weighted by Crippen LogP contribution is 2.21. The lowest BCUT2D eigenvalue weighted by Crippen LogP contribution is -2.33. The Morgan fingerprint density at radius 2 is 2.30 bits per heavy atom. The van der Waals surface area contributed by atoms with Gasteiger partial charge in [-0.15, -0.1) is 0 Å². The van der Waals surface area contributed by atoms with E-state index in [9.17, 15) is 18.0 Å². The number of nitrogens with one attached hydrogen (secondary N) is 1. The third kappa shape index (κ3) is 3.86. The largest absolute Gasteiger partial charge is 0.408 e. The van der Waals surface area contributed by atoms with Crippen molar-refractivity contribution in [3.8, 4) is 0 Å². The van der Waals surface area contributed by atoms with Crippen LogP contribution in [0.4, 0.5) is 18.9 Å². The second-order valence-corrected chi connectivity index (χ2v) is 4.89. The first-order valence-electron chi connectivity index (χ1n) is 6.03. The lowest BCUT2D eigenvalue weighted by Gasteiger charge is -2.24. The molecule has 1 aromatic heterocycles.